The van der Waals surface area contributed by atoms with Crippen molar-refractivity contribution in [2.75, 3.05) is 32.5 Å². The Morgan fingerprint density at radius 1 is 1.19 bits per heavy atom. The summed E-state index contributed by atoms with van der Waals surface area (Å²) < 4.78 is 101. The molecule has 1 aromatic rings. The van der Waals surface area contributed by atoms with Crippen LogP contribution < -0.4 is 9.46 Å². The molecule has 208 valence electrons. The quantitative estimate of drug-likeness (QED) is 0.390. The molecule has 1 saturated carbocycles. The lowest BCUT2D eigenvalue weighted by atomic mass is 9.94. The van der Waals surface area contributed by atoms with Crippen molar-refractivity contribution >= 4 is 27.5 Å². The molecule has 1 aliphatic carbocycles. The van der Waals surface area contributed by atoms with Gasteiger partial charge in [-0.3, -0.25) is 4.79 Å². The second-order valence-electron chi connectivity index (χ2n) is 10.1. The third-order valence-electron chi connectivity index (χ3n) is 7.00. The lowest BCUT2D eigenvalue weighted by molar-refractivity contribution is -0.238. The minimum absolute atomic E-state index is 0.0281. The van der Waals surface area contributed by atoms with Crippen LogP contribution in [0.4, 0.5) is 22.0 Å². The Kier molecular flexibility index (Phi) is 8.00. The molecule has 0 spiro atoms. The van der Waals surface area contributed by atoms with Gasteiger partial charge >= 0.3 is 6.18 Å². The molecule has 37 heavy (non-hydrogen) atoms. The van der Waals surface area contributed by atoms with E-state index >= 15 is 4.39 Å². The minimum atomic E-state index is -4.42. The van der Waals surface area contributed by atoms with Crippen LogP contribution in [0, 0.1) is 5.82 Å². The van der Waals surface area contributed by atoms with Crippen LogP contribution >= 0.6 is 11.6 Å². The SMILES string of the molecule is CS(=O)(=O)NC(=O)c1cc(C2CC2)c(OCC2(F)CCN(N3CC(Cl)CCC3C(F)(F)F)CC2)cc1F. The number of nitrogens with zero attached hydrogens (tertiary/aromatic N) is 2. The van der Waals surface area contributed by atoms with Gasteiger partial charge < -0.3 is 4.74 Å². The topological polar surface area (TPSA) is 78.9 Å². The monoisotopic (exact) mass is 573 g/mol. The molecule has 1 N–H and O–H groups in total. The van der Waals surface area contributed by atoms with E-state index in [2.05, 4.69) is 0 Å². The highest BCUT2D eigenvalue weighted by Gasteiger charge is 2.49. The number of ether oxygens (including phenoxy) is 1. The van der Waals surface area contributed by atoms with Crippen molar-refractivity contribution in [2.45, 2.75) is 67.7 Å². The normalized spacial score (nSPS) is 25.6. The number of piperidine rings is 2. The first-order chi connectivity index (χ1) is 17.2. The van der Waals surface area contributed by atoms with Crippen molar-refractivity contribution in [3.05, 3.63) is 29.1 Å². The second-order valence-corrected chi connectivity index (χ2v) is 12.5. The highest BCUT2D eigenvalue weighted by Crippen LogP contribution is 2.45. The average molecular weight is 574 g/mol. The zero-order valence-corrected chi connectivity index (χ0v) is 21.7. The lowest BCUT2D eigenvalue weighted by Gasteiger charge is -2.48. The first-order valence-electron chi connectivity index (χ1n) is 12.0. The van der Waals surface area contributed by atoms with Crippen molar-refractivity contribution in [3.8, 4) is 5.75 Å². The highest BCUT2D eigenvalue weighted by molar-refractivity contribution is 7.89. The van der Waals surface area contributed by atoms with Crippen molar-refractivity contribution < 1.29 is 39.9 Å². The molecule has 3 aliphatic rings. The third kappa shape index (κ3) is 7.04. The molecule has 2 unspecified atom stereocenters. The van der Waals surface area contributed by atoms with Gasteiger partial charge in [0.2, 0.25) is 10.0 Å². The van der Waals surface area contributed by atoms with Gasteiger partial charge in [-0.05, 0) is 56.1 Å². The first kappa shape index (κ1) is 28.3. The zero-order valence-electron chi connectivity index (χ0n) is 20.2. The number of alkyl halides is 5. The van der Waals surface area contributed by atoms with Crippen LogP contribution in [0.25, 0.3) is 0 Å². The van der Waals surface area contributed by atoms with E-state index in [1.165, 1.54) is 16.1 Å². The standard InChI is InChI=1S/C23H29ClF5N3O4S/c1-37(34,35)30-21(33)17-10-16(14-2-3-14)19(11-18(17)25)36-13-22(26)6-8-31(9-7-22)32-12-15(24)4-5-20(32)23(27,28)29/h10-11,14-15,20H,2-9,12-13H2,1H3,(H,30,33). The minimum Gasteiger partial charge on any atom is -0.490 e. The number of rotatable bonds is 7. The average Bonchev–Trinajstić information content (AvgIpc) is 3.61. The number of nitrogens with one attached hydrogen (secondary N) is 1. The predicted octanol–water partition coefficient (Wildman–Crippen LogP) is 4.12. The van der Waals surface area contributed by atoms with E-state index in [9.17, 15) is 30.8 Å². The fourth-order valence-electron chi connectivity index (χ4n) is 4.87. The molecule has 4 rings (SSSR count). The summed E-state index contributed by atoms with van der Waals surface area (Å²) in [5.74, 6) is -2.09. The summed E-state index contributed by atoms with van der Waals surface area (Å²) in [7, 11) is -3.90. The van der Waals surface area contributed by atoms with Gasteiger partial charge in [0, 0.05) is 31.1 Å². The lowest BCUT2D eigenvalue weighted by Crippen LogP contribution is -2.61. The number of carbonyl (C=O) groups is 1. The molecule has 2 saturated heterocycles. The molecular formula is C23H29ClF5N3O4S. The van der Waals surface area contributed by atoms with Crippen molar-refractivity contribution in [1.29, 1.82) is 0 Å². The number of halogens is 6. The Hall–Kier alpha value is -1.70. The maximum atomic E-state index is 15.6. The molecule has 3 fully saturated rings. The maximum Gasteiger partial charge on any atom is 0.405 e. The zero-order chi connectivity index (χ0) is 27.2. The van der Waals surface area contributed by atoms with E-state index < -0.39 is 57.2 Å². The Morgan fingerprint density at radius 2 is 1.84 bits per heavy atom. The number of benzene rings is 1. The number of amides is 1. The van der Waals surface area contributed by atoms with Crippen molar-refractivity contribution in [2.24, 2.45) is 0 Å². The number of hydrazine groups is 1. The summed E-state index contributed by atoms with van der Waals surface area (Å²) >= 11 is 6.12. The summed E-state index contributed by atoms with van der Waals surface area (Å²) in [5, 5.41) is 2.30. The molecular weight excluding hydrogens is 545 g/mol. The van der Waals surface area contributed by atoms with Crippen LogP contribution in [0.1, 0.15) is 60.4 Å². The summed E-state index contributed by atoms with van der Waals surface area (Å²) in [6.45, 7) is -0.310. The van der Waals surface area contributed by atoms with Gasteiger partial charge in [-0.25, -0.2) is 31.9 Å². The maximum absolute atomic E-state index is 15.6. The van der Waals surface area contributed by atoms with Gasteiger partial charge in [-0.15, -0.1) is 11.6 Å². The molecule has 14 heteroatoms. The molecule has 2 atom stereocenters. The van der Waals surface area contributed by atoms with Gasteiger partial charge in [0.05, 0.1) is 11.8 Å². The van der Waals surface area contributed by atoms with E-state index in [1.54, 1.807) is 4.72 Å². The van der Waals surface area contributed by atoms with Crippen LogP contribution in [-0.4, -0.2) is 80.1 Å². The molecule has 0 bridgehead atoms. The second kappa shape index (κ2) is 10.5. The molecule has 0 aromatic heterocycles. The summed E-state index contributed by atoms with van der Waals surface area (Å²) in [6.07, 6.45) is -2.18. The van der Waals surface area contributed by atoms with E-state index in [1.807, 2.05) is 0 Å². The summed E-state index contributed by atoms with van der Waals surface area (Å²) in [5.41, 5.74) is -1.82. The Bertz CT molecular complexity index is 1120. The van der Waals surface area contributed by atoms with Crippen LogP contribution in [0.2, 0.25) is 0 Å². The Balaban J connectivity index is 1.42. The van der Waals surface area contributed by atoms with E-state index in [0.717, 1.165) is 25.2 Å². The Morgan fingerprint density at radius 3 is 2.41 bits per heavy atom. The van der Waals surface area contributed by atoms with Gasteiger partial charge in [-0.2, -0.15) is 13.2 Å². The Labute approximate surface area is 217 Å². The highest BCUT2D eigenvalue weighted by atomic mass is 35.5. The largest absolute Gasteiger partial charge is 0.490 e. The van der Waals surface area contributed by atoms with Gasteiger partial charge in [0.25, 0.3) is 5.91 Å². The van der Waals surface area contributed by atoms with Crippen LogP contribution in [0.5, 0.6) is 5.75 Å². The fraction of sp³-hybridized carbons (Fsp3) is 0.696. The van der Waals surface area contributed by atoms with E-state index in [-0.39, 0.29) is 57.0 Å². The van der Waals surface area contributed by atoms with Crippen LogP contribution in [0.3, 0.4) is 0 Å². The predicted molar refractivity (Wildman–Crippen MR) is 126 cm³/mol. The van der Waals surface area contributed by atoms with E-state index in [4.69, 9.17) is 16.3 Å². The molecule has 2 aliphatic heterocycles. The number of sulfonamides is 1. The number of hydrogen-bond donors (Lipinski definition) is 1. The summed E-state index contributed by atoms with van der Waals surface area (Å²) in [4.78, 5) is 12.2. The van der Waals surface area contributed by atoms with Crippen molar-refractivity contribution in [3.63, 3.8) is 0 Å². The number of hydrogen-bond acceptors (Lipinski definition) is 6. The van der Waals surface area contributed by atoms with E-state index in [0.29, 0.717) is 5.56 Å². The van der Waals surface area contributed by atoms with Crippen LogP contribution in [-0.2, 0) is 10.0 Å². The molecule has 0 radical (unpaired) electrons. The van der Waals surface area contributed by atoms with Crippen LogP contribution in [0.15, 0.2) is 12.1 Å². The molecule has 1 amide bonds. The first-order valence-corrected chi connectivity index (χ1v) is 14.4. The van der Waals surface area contributed by atoms with Gasteiger partial charge in [0.15, 0.2) is 0 Å². The fourth-order valence-corrected chi connectivity index (χ4v) is 5.58. The number of carbonyl (C=O) groups excluding carboxylic acids is 1. The summed E-state index contributed by atoms with van der Waals surface area (Å²) in [6, 6.07) is 0.520. The van der Waals surface area contributed by atoms with Gasteiger partial charge in [-0.1, -0.05) is 0 Å². The molecule has 2 heterocycles. The molecule has 1 aromatic carbocycles. The third-order valence-corrected chi connectivity index (χ3v) is 7.91. The molecule has 7 nitrogen and oxygen atoms in total. The van der Waals surface area contributed by atoms with Crippen molar-refractivity contribution in [1.82, 2.24) is 14.7 Å². The smallest absolute Gasteiger partial charge is 0.405 e. The van der Waals surface area contributed by atoms with Gasteiger partial charge in [0.1, 0.15) is 29.9 Å².